The molecule has 1 aliphatic heterocycles. The molecular weight excluding hydrogens is 409 g/mol. The molecule has 166 valence electrons. The predicted molar refractivity (Wildman–Crippen MR) is 123 cm³/mol. The molecule has 0 spiro atoms. The van der Waals surface area contributed by atoms with Crippen LogP contribution in [0.5, 0.6) is 5.75 Å². The van der Waals surface area contributed by atoms with Crippen molar-refractivity contribution in [3.8, 4) is 5.75 Å². The average Bonchev–Trinajstić information content (AvgIpc) is 3.23. The Morgan fingerprint density at radius 2 is 1.97 bits per heavy atom. The summed E-state index contributed by atoms with van der Waals surface area (Å²) in [5, 5.41) is 0.924. The van der Waals surface area contributed by atoms with Crippen molar-refractivity contribution in [2.75, 3.05) is 51.4 Å². The maximum atomic E-state index is 14.5. The molecule has 1 N–H and O–H groups in total. The fourth-order valence-corrected chi connectivity index (χ4v) is 4.28. The van der Waals surface area contributed by atoms with E-state index in [1.807, 2.05) is 30.3 Å². The van der Waals surface area contributed by atoms with Gasteiger partial charge in [0.2, 0.25) is 0 Å². The normalized spacial score (nSPS) is 14.8. The van der Waals surface area contributed by atoms with Gasteiger partial charge in [0.05, 0.1) is 31.2 Å². The minimum atomic E-state index is -0.215. The summed E-state index contributed by atoms with van der Waals surface area (Å²) in [7, 11) is 1.66. The van der Waals surface area contributed by atoms with E-state index in [1.54, 1.807) is 19.5 Å². The molecule has 5 rings (SSSR count). The van der Waals surface area contributed by atoms with Gasteiger partial charge in [-0.15, -0.1) is 0 Å². The molecule has 1 saturated heterocycles. The summed E-state index contributed by atoms with van der Waals surface area (Å²) in [6.45, 7) is 5.24. The number of aromatic amines is 1. The summed E-state index contributed by atoms with van der Waals surface area (Å²) in [4.78, 5) is 17.1. The molecule has 2 aromatic heterocycles. The number of morpholine rings is 1. The number of nitrogens with one attached hydrogen (secondary N) is 1. The van der Waals surface area contributed by atoms with Crippen LogP contribution in [-0.4, -0.2) is 66.4 Å². The van der Waals surface area contributed by atoms with Crippen LogP contribution < -0.4 is 9.64 Å². The van der Waals surface area contributed by atoms with Crippen LogP contribution in [0.15, 0.2) is 48.8 Å². The summed E-state index contributed by atoms with van der Waals surface area (Å²) in [5.74, 6) is 1.30. The van der Waals surface area contributed by atoms with Gasteiger partial charge >= 0.3 is 0 Å². The zero-order chi connectivity index (χ0) is 21.9. The third-order valence-electron chi connectivity index (χ3n) is 5.98. The van der Waals surface area contributed by atoms with Crippen molar-refractivity contribution in [2.24, 2.45) is 0 Å². The van der Waals surface area contributed by atoms with E-state index in [4.69, 9.17) is 9.47 Å². The maximum Gasteiger partial charge on any atom is 0.156 e. The van der Waals surface area contributed by atoms with Gasteiger partial charge in [-0.25, -0.2) is 14.4 Å². The van der Waals surface area contributed by atoms with Gasteiger partial charge in [0, 0.05) is 38.3 Å². The molecule has 1 aliphatic rings. The minimum Gasteiger partial charge on any atom is -0.496 e. The predicted octanol–water partition coefficient (Wildman–Crippen LogP) is 3.60. The molecule has 0 aliphatic carbocycles. The minimum absolute atomic E-state index is 0.215. The summed E-state index contributed by atoms with van der Waals surface area (Å²) < 4.78 is 25.6. The second-order valence-corrected chi connectivity index (χ2v) is 7.90. The van der Waals surface area contributed by atoms with Crippen LogP contribution in [0, 0.1) is 5.82 Å². The number of H-pyrrole nitrogens is 1. The monoisotopic (exact) mass is 435 g/mol. The zero-order valence-corrected chi connectivity index (χ0v) is 18.1. The molecular formula is C24H26FN5O2. The van der Waals surface area contributed by atoms with Crippen LogP contribution >= 0.6 is 0 Å². The maximum absolute atomic E-state index is 14.5. The van der Waals surface area contributed by atoms with Crippen molar-refractivity contribution in [3.05, 3.63) is 60.2 Å². The highest BCUT2D eigenvalue weighted by molar-refractivity contribution is 6.11. The fourth-order valence-electron chi connectivity index (χ4n) is 4.28. The highest BCUT2D eigenvalue weighted by Crippen LogP contribution is 2.35. The van der Waals surface area contributed by atoms with Gasteiger partial charge in [-0.05, 0) is 18.2 Å². The molecule has 0 atom stereocenters. The number of ether oxygens (including phenoxy) is 2. The van der Waals surface area contributed by atoms with Crippen molar-refractivity contribution >= 4 is 27.8 Å². The first-order valence-corrected chi connectivity index (χ1v) is 10.8. The van der Waals surface area contributed by atoms with Gasteiger partial charge in [0.25, 0.3) is 0 Å². The molecule has 4 aromatic rings. The quantitative estimate of drug-likeness (QED) is 0.479. The third-order valence-corrected chi connectivity index (χ3v) is 5.98. The van der Waals surface area contributed by atoms with Gasteiger partial charge in [0.15, 0.2) is 5.82 Å². The number of halogens is 1. The Morgan fingerprint density at radius 3 is 2.78 bits per heavy atom. The van der Waals surface area contributed by atoms with E-state index in [1.165, 1.54) is 6.07 Å². The lowest BCUT2D eigenvalue weighted by Gasteiger charge is -2.31. The van der Waals surface area contributed by atoms with E-state index < -0.39 is 0 Å². The molecule has 0 bridgehead atoms. The molecule has 3 heterocycles. The summed E-state index contributed by atoms with van der Waals surface area (Å²) >= 11 is 0. The molecule has 32 heavy (non-hydrogen) atoms. The van der Waals surface area contributed by atoms with Gasteiger partial charge in [0.1, 0.15) is 28.9 Å². The van der Waals surface area contributed by atoms with Crippen LogP contribution in [0.25, 0.3) is 21.9 Å². The van der Waals surface area contributed by atoms with E-state index in [0.29, 0.717) is 18.7 Å². The van der Waals surface area contributed by atoms with E-state index in [0.717, 1.165) is 66.4 Å². The summed E-state index contributed by atoms with van der Waals surface area (Å²) in [5.41, 5.74) is 3.19. The fraction of sp³-hybridized carbons (Fsp3) is 0.333. The first-order chi connectivity index (χ1) is 15.7. The van der Waals surface area contributed by atoms with Crippen LogP contribution in [0.3, 0.4) is 0 Å². The lowest BCUT2D eigenvalue weighted by Crippen LogP contribution is -2.41. The Hall–Kier alpha value is -3.23. The Bertz CT molecular complexity index is 1220. The molecule has 0 unspecified atom stereocenters. The standard InChI is InChI=1S/C24H26FN5O2/c1-31-20-8-4-7-19-21(20)22-23(28-19)24(27-16-26-22)30(10-9-29-11-13-32-14-12-29)15-17-5-2-3-6-18(17)25/h2-8,16,28H,9-15H2,1H3. The smallest absolute Gasteiger partial charge is 0.156 e. The van der Waals surface area contributed by atoms with E-state index in [-0.39, 0.29) is 5.82 Å². The number of hydrogen-bond acceptors (Lipinski definition) is 6. The van der Waals surface area contributed by atoms with Crippen LogP contribution in [0.4, 0.5) is 10.2 Å². The highest BCUT2D eigenvalue weighted by atomic mass is 19.1. The lowest BCUT2D eigenvalue weighted by molar-refractivity contribution is 0.0391. The van der Waals surface area contributed by atoms with Crippen molar-refractivity contribution in [3.63, 3.8) is 0 Å². The van der Waals surface area contributed by atoms with Gasteiger partial charge in [-0.2, -0.15) is 0 Å². The Kier molecular flexibility index (Phi) is 5.87. The van der Waals surface area contributed by atoms with Crippen molar-refractivity contribution < 1.29 is 13.9 Å². The largest absolute Gasteiger partial charge is 0.496 e. The molecule has 8 heteroatoms. The number of nitrogens with zero attached hydrogens (tertiary/aromatic N) is 4. The number of hydrogen-bond donors (Lipinski definition) is 1. The zero-order valence-electron chi connectivity index (χ0n) is 18.1. The van der Waals surface area contributed by atoms with E-state index in [2.05, 4.69) is 24.8 Å². The van der Waals surface area contributed by atoms with Gasteiger partial charge < -0.3 is 19.4 Å². The molecule has 2 aromatic carbocycles. The summed E-state index contributed by atoms with van der Waals surface area (Å²) in [6, 6.07) is 12.8. The molecule has 1 fully saturated rings. The molecule has 0 saturated carbocycles. The average molecular weight is 436 g/mol. The highest BCUT2D eigenvalue weighted by Gasteiger charge is 2.20. The Morgan fingerprint density at radius 1 is 1.12 bits per heavy atom. The van der Waals surface area contributed by atoms with Gasteiger partial charge in [-0.3, -0.25) is 4.90 Å². The number of anilines is 1. The summed E-state index contributed by atoms with van der Waals surface area (Å²) in [6.07, 6.45) is 1.57. The molecule has 7 nitrogen and oxygen atoms in total. The van der Waals surface area contributed by atoms with E-state index in [9.17, 15) is 4.39 Å². The van der Waals surface area contributed by atoms with E-state index >= 15 is 0 Å². The second kappa shape index (κ2) is 9.10. The van der Waals surface area contributed by atoms with Gasteiger partial charge in [-0.1, -0.05) is 24.3 Å². The van der Waals surface area contributed by atoms with Crippen molar-refractivity contribution in [1.82, 2.24) is 19.9 Å². The number of benzene rings is 2. The van der Waals surface area contributed by atoms with Crippen LogP contribution in [0.1, 0.15) is 5.56 Å². The SMILES string of the molecule is COc1cccc2[nH]c3c(N(CCN4CCOCC4)Cc4ccccc4F)ncnc3c12. The first-order valence-electron chi connectivity index (χ1n) is 10.8. The topological polar surface area (TPSA) is 66.5 Å². The van der Waals surface area contributed by atoms with Crippen molar-refractivity contribution in [1.29, 1.82) is 0 Å². The molecule has 0 amide bonds. The number of aromatic nitrogens is 3. The molecule has 0 radical (unpaired) electrons. The third kappa shape index (κ3) is 3.99. The Balaban J connectivity index is 1.55. The Labute approximate surface area is 185 Å². The second-order valence-electron chi connectivity index (χ2n) is 7.90. The van der Waals surface area contributed by atoms with Crippen LogP contribution in [0.2, 0.25) is 0 Å². The number of rotatable bonds is 7. The van der Waals surface area contributed by atoms with Crippen LogP contribution in [-0.2, 0) is 11.3 Å². The number of methoxy groups -OCH3 is 1. The number of fused-ring (bicyclic) bond motifs is 3. The lowest BCUT2D eigenvalue weighted by atomic mass is 10.2. The van der Waals surface area contributed by atoms with Crippen molar-refractivity contribution in [2.45, 2.75) is 6.54 Å². The first kappa shape index (κ1) is 20.7.